The van der Waals surface area contributed by atoms with Crippen LogP contribution in [0, 0.1) is 13.8 Å². The number of aromatic nitrogens is 2. The zero-order valence-electron chi connectivity index (χ0n) is 15.5. The minimum Gasteiger partial charge on any atom is -0.483 e. The molecule has 0 aliphatic carbocycles. The SMILES string of the molecule is Cc1nn(C)c(C)c1CNC(=O)c1ccc(COc2c(Cl)cc(Cl)cc2Cl)o1. The Morgan fingerprint density at radius 2 is 1.89 bits per heavy atom. The van der Waals surface area contributed by atoms with E-state index in [0.29, 0.717) is 33.1 Å². The Balaban J connectivity index is 1.61. The van der Waals surface area contributed by atoms with E-state index in [1.807, 2.05) is 20.9 Å². The average molecular weight is 443 g/mol. The summed E-state index contributed by atoms with van der Waals surface area (Å²) in [6.07, 6.45) is 0. The molecule has 1 amide bonds. The number of carbonyl (C=O) groups is 1. The number of benzene rings is 1. The molecular weight excluding hydrogens is 425 g/mol. The first kappa shape index (κ1) is 20.6. The van der Waals surface area contributed by atoms with Crippen LogP contribution in [0.1, 0.15) is 33.3 Å². The molecule has 0 atom stereocenters. The second-order valence-corrected chi connectivity index (χ2v) is 7.46. The van der Waals surface area contributed by atoms with Gasteiger partial charge in [-0.3, -0.25) is 9.48 Å². The van der Waals surface area contributed by atoms with E-state index in [0.717, 1.165) is 17.0 Å². The molecule has 6 nitrogen and oxygen atoms in total. The lowest BCUT2D eigenvalue weighted by Crippen LogP contribution is -2.23. The highest BCUT2D eigenvalue weighted by Gasteiger charge is 2.15. The summed E-state index contributed by atoms with van der Waals surface area (Å²) >= 11 is 18.1. The zero-order valence-corrected chi connectivity index (χ0v) is 17.7. The van der Waals surface area contributed by atoms with Crippen LogP contribution < -0.4 is 10.1 Å². The third-order valence-corrected chi connectivity index (χ3v) is 5.07. The van der Waals surface area contributed by atoms with E-state index in [4.69, 9.17) is 44.0 Å². The number of furan rings is 1. The molecule has 0 spiro atoms. The molecule has 2 heterocycles. The highest BCUT2D eigenvalue weighted by molar-refractivity contribution is 6.40. The van der Waals surface area contributed by atoms with Gasteiger partial charge >= 0.3 is 0 Å². The van der Waals surface area contributed by atoms with Gasteiger partial charge in [0.05, 0.1) is 15.7 Å². The Bertz CT molecular complexity index is 1000. The first-order valence-electron chi connectivity index (χ1n) is 8.39. The molecule has 28 heavy (non-hydrogen) atoms. The predicted molar refractivity (Wildman–Crippen MR) is 108 cm³/mol. The quantitative estimate of drug-likeness (QED) is 0.576. The van der Waals surface area contributed by atoms with Crippen LogP contribution in [0.4, 0.5) is 0 Å². The van der Waals surface area contributed by atoms with Crippen LogP contribution in [0.5, 0.6) is 5.75 Å². The third-order valence-electron chi connectivity index (χ3n) is 4.29. The summed E-state index contributed by atoms with van der Waals surface area (Å²) in [5, 5.41) is 8.18. The summed E-state index contributed by atoms with van der Waals surface area (Å²) < 4.78 is 12.9. The Morgan fingerprint density at radius 1 is 1.21 bits per heavy atom. The maximum Gasteiger partial charge on any atom is 0.287 e. The molecule has 9 heteroatoms. The van der Waals surface area contributed by atoms with Crippen molar-refractivity contribution in [3.05, 3.63) is 67.8 Å². The van der Waals surface area contributed by atoms with Gasteiger partial charge in [-0.05, 0) is 38.1 Å². The van der Waals surface area contributed by atoms with Crippen molar-refractivity contribution in [2.45, 2.75) is 27.0 Å². The van der Waals surface area contributed by atoms with Gasteiger partial charge in [-0.1, -0.05) is 34.8 Å². The minimum atomic E-state index is -0.323. The maximum absolute atomic E-state index is 12.4. The summed E-state index contributed by atoms with van der Waals surface area (Å²) in [4.78, 5) is 12.4. The molecule has 0 fully saturated rings. The highest BCUT2D eigenvalue weighted by Crippen LogP contribution is 2.36. The van der Waals surface area contributed by atoms with Gasteiger partial charge in [0, 0.05) is 29.9 Å². The van der Waals surface area contributed by atoms with Crippen LogP contribution in [0.15, 0.2) is 28.7 Å². The monoisotopic (exact) mass is 441 g/mol. The van der Waals surface area contributed by atoms with Crippen molar-refractivity contribution in [1.82, 2.24) is 15.1 Å². The second-order valence-electron chi connectivity index (χ2n) is 6.21. The lowest BCUT2D eigenvalue weighted by molar-refractivity contribution is 0.0919. The fraction of sp³-hybridized carbons (Fsp3) is 0.263. The smallest absolute Gasteiger partial charge is 0.287 e. The molecule has 1 aromatic carbocycles. The molecule has 0 bridgehead atoms. The van der Waals surface area contributed by atoms with Gasteiger partial charge in [-0.2, -0.15) is 5.10 Å². The fourth-order valence-corrected chi connectivity index (χ4v) is 3.64. The summed E-state index contributed by atoms with van der Waals surface area (Å²) in [6, 6.07) is 6.32. The van der Waals surface area contributed by atoms with Gasteiger partial charge in [-0.15, -0.1) is 0 Å². The van der Waals surface area contributed by atoms with E-state index in [9.17, 15) is 4.79 Å². The van der Waals surface area contributed by atoms with Crippen LogP contribution in [0.3, 0.4) is 0 Å². The maximum atomic E-state index is 12.4. The minimum absolute atomic E-state index is 0.0647. The van der Waals surface area contributed by atoms with E-state index in [-0.39, 0.29) is 18.3 Å². The summed E-state index contributed by atoms with van der Waals surface area (Å²) in [6.45, 7) is 4.29. The molecule has 3 rings (SSSR count). The van der Waals surface area contributed by atoms with Crippen LogP contribution in [-0.4, -0.2) is 15.7 Å². The molecule has 0 saturated heterocycles. The number of ether oxygens (including phenoxy) is 1. The van der Waals surface area contributed by atoms with Crippen LogP contribution in [0.2, 0.25) is 15.1 Å². The molecule has 148 valence electrons. The average Bonchev–Trinajstić information content (AvgIpc) is 3.18. The summed E-state index contributed by atoms with van der Waals surface area (Å²) in [5.74, 6) is 0.626. The van der Waals surface area contributed by atoms with Crippen molar-refractivity contribution in [2.75, 3.05) is 0 Å². The number of halogens is 3. The van der Waals surface area contributed by atoms with E-state index < -0.39 is 0 Å². The van der Waals surface area contributed by atoms with Gasteiger partial charge in [0.15, 0.2) is 11.5 Å². The Hall–Kier alpha value is -2.15. The van der Waals surface area contributed by atoms with Crippen molar-refractivity contribution >= 4 is 40.7 Å². The lowest BCUT2D eigenvalue weighted by atomic mass is 10.2. The van der Waals surface area contributed by atoms with Crippen LogP contribution >= 0.6 is 34.8 Å². The first-order valence-corrected chi connectivity index (χ1v) is 9.53. The number of hydrogen-bond donors (Lipinski definition) is 1. The fourth-order valence-electron chi connectivity index (χ4n) is 2.72. The largest absolute Gasteiger partial charge is 0.483 e. The number of nitrogens with one attached hydrogen (secondary N) is 1. The van der Waals surface area contributed by atoms with Crippen LogP contribution in [0.25, 0.3) is 0 Å². The van der Waals surface area contributed by atoms with E-state index >= 15 is 0 Å². The van der Waals surface area contributed by atoms with Gasteiger partial charge in [0.1, 0.15) is 12.4 Å². The third kappa shape index (κ3) is 4.46. The standard InChI is InChI=1S/C19H18Cl3N3O3/c1-10-14(11(2)25(3)24-10)8-23-19(26)17-5-4-13(28-17)9-27-18-15(21)6-12(20)7-16(18)22/h4-7H,8-9H2,1-3H3,(H,23,26). The first-order chi connectivity index (χ1) is 13.3. The molecule has 0 saturated carbocycles. The predicted octanol–water partition coefficient (Wildman–Crippen LogP) is 5.10. The topological polar surface area (TPSA) is 69.3 Å². The second kappa shape index (κ2) is 8.47. The zero-order chi connectivity index (χ0) is 20.4. The molecule has 0 aliphatic heterocycles. The van der Waals surface area contributed by atoms with Crippen molar-refractivity contribution in [3.8, 4) is 5.75 Å². The normalized spacial score (nSPS) is 10.9. The Labute approximate surface area is 177 Å². The van der Waals surface area contributed by atoms with Gasteiger partial charge in [0.25, 0.3) is 5.91 Å². The molecule has 0 unspecified atom stereocenters. The number of carbonyl (C=O) groups excluding carboxylic acids is 1. The molecule has 3 aromatic rings. The molecule has 0 aliphatic rings. The van der Waals surface area contributed by atoms with E-state index in [2.05, 4.69) is 10.4 Å². The number of hydrogen-bond acceptors (Lipinski definition) is 4. The van der Waals surface area contributed by atoms with Crippen molar-refractivity contribution < 1.29 is 13.9 Å². The van der Waals surface area contributed by atoms with Crippen molar-refractivity contribution in [3.63, 3.8) is 0 Å². The van der Waals surface area contributed by atoms with Gasteiger partial charge in [-0.25, -0.2) is 0 Å². The number of rotatable bonds is 6. The lowest BCUT2D eigenvalue weighted by Gasteiger charge is -2.09. The molecular formula is C19H18Cl3N3O3. The molecule has 2 aromatic heterocycles. The molecule has 0 radical (unpaired) electrons. The number of nitrogens with zero attached hydrogens (tertiary/aromatic N) is 2. The van der Waals surface area contributed by atoms with Crippen LogP contribution in [-0.2, 0) is 20.2 Å². The van der Waals surface area contributed by atoms with E-state index in [1.165, 1.54) is 12.1 Å². The van der Waals surface area contributed by atoms with Gasteiger partial charge < -0.3 is 14.5 Å². The molecule has 1 N–H and O–H groups in total. The highest BCUT2D eigenvalue weighted by atomic mass is 35.5. The van der Waals surface area contributed by atoms with Crippen molar-refractivity contribution in [1.29, 1.82) is 0 Å². The van der Waals surface area contributed by atoms with Crippen molar-refractivity contribution in [2.24, 2.45) is 7.05 Å². The van der Waals surface area contributed by atoms with Gasteiger partial charge in [0.2, 0.25) is 0 Å². The Kier molecular flexibility index (Phi) is 6.23. The number of aryl methyl sites for hydroxylation is 2. The summed E-state index contributed by atoms with van der Waals surface area (Å²) in [7, 11) is 1.87. The summed E-state index contributed by atoms with van der Waals surface area (Å²) in [5.41, 5.74) is 2.87. The number of amides is 1. The van der Waals surface area contributed by atoms with E-state index in [1.54, 1.807) is 16.8 Å². The Morgan fingerprint density at radius 3 is 2.50 bits per heavy atom.